The van der Waals surface area contributed by atoms with E-state index in [1.165, 1.54) is 0 Å². The Bertz CT molecular complexity index is 183. The second-order valence-corrected chi connectivity index (χ2v) is 5.81. The van der Waals surface area contributed by atoms with Crippen molar-refractivity contribution in [3.05, 3.63) is 0 Å². The fourth-order valence-electron chi connectivity index (χ4n) is 0.902. The third-order valence-electron chi connectivity index (χ3n) is 2.41. The summed E-state index contributed by atoms with van der Waals surface area (Å²) in [7, 11) is 0.878. The van der Waals surface area contributed by atoms with Crippen molar-refractivity contribution < 1.29 is 8.95 Å². The van der Waals surface area contributed by atoms with Crippen LogP contribution in [0.1, 0.15) is 33.6 Å². The summed E-state index contributed by atoms with van der Waals surface area (Å²) in [6, 6.07) is 0.0708. The van der Waals surface area contributed by atoms with E-state index in [0.29, 0.717) is 11.5 Å². The highest BCUT2D eigenvalue weighted by Gasteiger charge is 2.17. The van der Waals surface area contributed by atoms with Gasteiger partial charge in [0.25, 0.3) is 0 Å². The van der Waals surface area contributed by atoms with Crippen molar-refractivity contribution in [2.24, 2.45) is 5.73 Å². The van der Waals surface area contributed by atoms with E-state index in [1.54, 1.807) is 7.11 Å². The summed E-state index contributed by atoms with van der Waals surface area (Å²) in [5.41, 5.74) is 5.55. The largest absolute Gasteiger partial charge is 0.379 e. The molecule has 0 saturated heterocycles. The lowest BCUT2D eigenvalue weighted by molar-refractivity contribution is 0.0205. The quantitative estimate of drug-likeness (QED) is 0.705. The van der Waals surface area contributed by atoms with Crippen LogP contribution >= 0.6 is 0 Å². The highest BCUT2D eigenvalue weighted by atomic mass is 32.2. The lowest BCUT2D eigenvalue weighted by atomic mass is 10.1. The Kier molecular flexibility index (Phi) is 6.57. The van der Waals surface area contributed by atoms with Crippen LogP contribution in [0.5, 0.6) is 0 Å². The van der Waals surface area contributed by atoms with E-state index in [4.69, 9.17) is 10.5 Å². The topological polar surface area (TPSA) is 52.3 Å². The number of ether oxygens (including phenoxy) is 1. The molecule has 4 heteroatoms. The first-order valence-corrected chi connectivity index (χ1v) is 6.55. The summed E-state index contributed by atoms with van der Waals surface area (Å²) in [6.07, 6.45) is 1.70. The van der Waals surface area contributed by atoms with Gasteiger partial charge in [0, 0.05) is 35.5 Å². The molecule has 0 rings (SSSR count). The summed E-state index contributed by atoms with van der Waals surface area (Å²) < 4.78 is 16.8. The summed E-state index contributed by atoms with van der Waals surface area (Å²) in [6.45, 7) is 6.02. The molecule has 0 bridgehead atoms. The summed E-state index contributed by atoms with van der Waals surface area (Å²) >= 11 is 0. The van der Waals surface area contributed by atoms with Crippen molar-refractivity contribution in [3.8, 4) is 0 Å². The van der Waals surface area contributed by atoms with Gasteiger partial charge in [0.05, 0.1) is 5.60 Å². The lowest BCUT2D eigenvalue weighted by Crippen LogP contribution is -2.30. The molecule has 0 aromatic rings. The van der Waals surface area contributed by atoms with Crippen LogP contribution in [0.25, 0.3) is 0 Å². The standard InChI is InChI=1S/C10H23NO2S/c1-5-9(11)8-14(12)7-6-10(2,3)13-4/h9H,5-8,11H2,1-4H3. The van der Waals surface area contributed by atoms with Crippen molar-refractivity contribution in [3.63, 3.8) is 0 Å². The molecule has 86 valence electrons. The molecule has 0 heterocycles. The Hall–Kier alpha value is 0.0700. The Morgan fingerprint density at radius 3 is 2.50 bits per heavy atom. The van der Waals surface area contributed by atoms with Gasteiger partial charge in [-0.1, -0.05) is 6.92 Å². The normalized spacial score (nSPS) is 16.6. The van der Waals surface area contributed by atoms with Gasteiger partial charge in [-0.15, -0.1) is 0 Å². The van der Waals surface area contributed by atoms with Crippen molar-refractivity contribution in [2.45, 2.75) is 45.3 Å². The van der Waals surface area contributed by atoms with Crippen molar-refractivity contribution in [1.82, 2.24) is 0 Å². The highest BCUT2D eigenvalue weighted by molar-refractivity contribution is 7.85. The first-order chi connectivity index (χ1) is 6.41. The van der Waals surface area contributed by atoms with Crippen LogP contribution in [0, 0.1) is 0 Å². The zero-order valence-corrected chi connectivity index (χ0v) is 10.5. The van der Waals surface area contributed by atoms with Crippen LogP contribution < -0.4 is 5.73 Å². The van der Waals surface area contributed by atoms with Crippen LogP contribution in [-0.4, -0.2) is 34.5 Å². The third-order valence-corrected chi connectivity index (χ3v) is 3.87. The molecule has 0 aromatic carbocycles. The van der Waals surface area contributed by atoms with Crippen molar-refractivity contribution >= 4 is 10.8 Å². The molecule has 0 spiro atoms. The lowest BCUT2D eigenvalue weighted by Gasteiger charge is -2.22. The average Bonchev–Trinajstić information content (AvgIpc) is 2.15. The summed E-state index contributed by atoms with van der Waals surface area (Å²) in [4.78, 5) is 0. The Morgan fingerprint density at radius 1 is 1.50 bits per heavy atom. The number of rotatable bonds is 7. The minimum absolute atomic E-state index is 0.0708. The molecule has 0 saturated carbocycles. The number of hydrogen-bond donors (Lipinski definition) is 1. The predicted molar refractivity (Wildman–Crippen MR) is 61.8 cm³/mol. The summed E-state index contributed by atoms with van der Waals surface area (Å²) in [5, 5.41) is 0. The third kappa shape index (κ3) is 6.51. The smallest absolute Gasteiger partial charge is 0.0631 e. The van der Waals surface area contributed by atoms with Gasteiger partial charge in [-0.05, 0) is 26.7 Å². The van der Waals surface area contributed by atoms with Gasteiger partial charge < -0.3 is 10.5 Å². The van der Waals surface area contributed by atoms with Gasteiger partial charge in [0.15, 0.2) is 0 Å². The van der Waals surface area contributed by atoms with Crippen molar-refractivity contribution in [2.75, 3.05) is 18.6 Å². The first kappa shape index (κ1) is 14.1. The van der Waals surface area contributed by atoms with Crippen molar-refractivity contribution in [1.29, 1.82) is 0 Å². The molecule has 0 aromatic heterocycles. The first-order valence-electron chi connectivity index (χ1n) is 5.07. The molecule has 3 nitrogen and oxygen atoms in total. The molecule has 0 aliphatic heterocycles. The maximum absolute atomic E-state index is 11.6. The fourth-order valence-corrected chi connectivity index (χ4v) is 2.50. The van der Waals surface area contributed by atoms with E-state index in [2.05, 4.69) is 0 Å². The zero-order valence-electron chi connectivity index (χ0n) is 9.71. The van der Waals surface area contributed by atoms with E-state index in [-0.39, 0.29) is 11.6 Å². The van der Waals surface area contributed by atoms with Gasteiger partial charge >= 0.3 is 0 Å². The van der Waals surface area contributed by atoms with Crippen LogP contribution in [0.15, 0.2) is 0 Å². The van der Waals surface area contributed by atoms with E-state index in [1.807, 2.05) is 20.8 Å². The van der Waals surface area contributed by atoms with Gasteiger partial charge in [-0.3, -0.25) is 4.21 Å². The minimum atomic E-state index is -0.803. The Balaban J connectivity index is 3.74. The van der Waals surface area contributed by atoms with Crippen LogP contribution in [0.3, 0.4) is 0 Å². The number of methoxy groups -OCH3 is 1. The fraction of sp³-hybridized carbons (Fsp3) is 1.00. The Labute approximate surface area is 89.9 Å². The maximum Gasteiger partial charge on any atom is 0.0631 e. The van der Waals surface area contributed by atoms with Gasteiger partial charge in [-0.25, -0.2) is 0 Å². The summed E-state index contributed by atoms with van der Waals surface area (Å²) in [5.74, 6) is 1.28. The molecule has 2 atom stereocenters. The SMILES string of the molecule is CCC(N)CS(=O)CCC(C)(C)OC. The second kappa shape index (κ2) is 6.53. The zero-order chi connectivity index (χ0) is 11.2. The molecular formula is C10H23NO2S. The molecule has 0 aliphatic rings. The molecule has 0 aliphatic carbocycles. The Morgan fingerprint density at radius 2 is 2.07 bits per heavy atom. The average molecular weight is 221 g/mol. The predicted octanol–water partition coefficient (Wildman–Crippen LogP) is 1.29. The number of nitrogens with two attached hydrogens (primary N) is 1. The van der Waals surface area contributed by atoms with E-state index in [9.17, 15) is 4.21 Å². The van der Waals surface area contributed by atoms with Crippen LogP contribution in [0.4, 0.5) is 0 Å². The van der Waals surface area contributed by atoms with Crippen LogP contribution in [-0.2, 0) is 15.5 Å². The molecule has 0 amide bonds. The maximum atomic E-state index is 11.6. The number of hydrogen-bond acceptors (Lipinski definition) is 3. The molecule has 0 radical (unpaired) electrons. The van der Waals surface area contributed by atoms with E-state index < -0.39 is 10.8 Å². The van der Waals surface area contributed by atoms with Gasteiger partial charge in [0.1, 0.15) is 0 Å². The second-order valence-electron chi connectivity index (χ2n) is 4.19. The monoisotopic (exact) mass is 221 g/mol. The molecule has 0 fully saturated rings. The van der Waals surface area contributed by atoms with Gasteiger partial charge in [0.2, 0.25) is 0 Å². The molecule has 2 unspecified atom stereocenters. The van der Waals surface area contributed by atoms with Crippen LogP contribution in [0.2, 0.25) is 0 Å². The molecule has 2 N–H and O–H groups in total. The highest BCUT2D eigenvalue weighted by Crippen LogP contribution is 2.13. The minimum Gasteiger partial charge on any atom is -0.379 e. The van der Waals surface area contributed by atoms with E-state index >= 15 is 0 Å². The molecule has 14 heavy (non-hydrogen) atoms. The van der Waals surface area contributed by atoms with Gasteiger partial charge in [-0.2, -0.15) is 0 Å². The molecular weight excluding hydrogens is 198 g/mol. The van der Waals surface area contributed by atoms with E-state index in [0.717, 1.165) is 12.8 Å².